The number of amides is 1. The van der Waals surface area contributed by atoms with Crippen LogP contribution in [0.4, 0.5) is 10.5 Å². The predicted molar refractivity (Wildman–Crippen MR) is 88.9 cm³/mol. The summed E-state index contributed by atoms with van der Waals surface area (Å²) in [6.45, 7) is 6.97. The summed E-state index contributed by atoms with van der Waals surface area (Å²) in [6, 6.07) is 7.42. The molecule has 0 spiro atoms. The first-order chi connectivity index (χ1) is 10.5. The summed E-state index contributed by atoms with van der Waals surface area (Å²) in [6.07, 6.45) is -0.132. The van der Waals surface area contributed by atoms with Crippen LogP contribution in [-0.4, -0.2) is 31.3 Å². The van der Waals surface area contributed by atoms with Gasteiger partial charge in [0.2, 0.25) is 0 Å². The first kappa shape index (κ1) is 18.0. The van der Waals surface area contributed by atoms with E-state index in [1.54, 1.807) is 31.2 Å². The fourth-order valence-electron chi connectivity index (χ4n) is 1.60. The second-order valence-corrected chi connectivity index (χ2v) is 5.08. The van der Waals surface area contributed by atoms with Gasteiger partial charge >= 0.3 is 12.1 Å². The van der Waals surface area contributed by atoms with Gasteiger partial charge in [0.15, 0.2) is 0 Å². The predicted octanol–water partition coefficient (Wildman–Crippen LogP) is 3.18. The normalized spacial score (nSPS) is 10.4. The Morgan fingerprint density at radius 3 is 2.45 bits per heavy atom. The summed E-state index contributed by atoms with van der Waals surface area (Å²) < 4.78 is 10.1. The van der Waals surface area contributed by atoms with E-state index in [1.165, 1.54) is 0 Å². The van der Waals surface area contributed by atoms with Crippen molar-refractivity contribution in [1.29, 1.82) is 0 Å². The Labute approximate surface area is 134 Å². The summed E-state index contributed by atoms with van der Waals surface area (Å²) in [7, 11) is 0. The fourth-order valence-corrected chi connectivity index (χ4v) is 1.60. The monoisotopic (exact) mass is 312 g/mol. The topological polar surface area (TPSA) is 76.7 Å². The van der Waals surface area contributed by atoms with E-state index in [1.807, 2.05) is 13.8 Å². The molecule has 6 heteroatoms. The Bertz CT molecular complexity index is 481. The number of nitrogens with one attached hydrogen (secondary N) is 2. The number of rotatable bonds is 8. The SMILES string of the molecule is CCC(=O)OCc1ccc(NC(=O)OCCNC(C)C)cc1.[HH].[HH]. The molecule has 0 aliphatic heterocycles. The van der Waals surface area contributed by atoms with Gasteiger partial charge in [-0.25, -0.2) is 4.79 Å². The van der Waals surface area contributed by atoms with E-state index in [9.17, 15) is 9.59 Å². The molecule has 0 heterocycles. The lowest BCUT2D eigenvalue weighted by Gasteiger charge is -2.10. The summed E-state index contributed by atoms with van der Waals surface area (Å²) in [5.74, 6) is -0.235. The number of anilines is 1. The molecular formula is C16H28N2O4. The molecule has 1 rings (SSSR count). The van der Waals surface area contributed by atoms with Crippen molar-refractivity contribution in [3.63, 3.8) is 0 Å². The maximum atomic E-state index is 11.6. The maximum absolute atomic E-state index is 11.6. The van der Waals surface area contributed by atoms with Gasteiger partial charge in [0.1, 0.15) is 13.2 Å². The van der Waals surface area contributed by atoms with E-state index in [4.69, 9.17) is 9.47 Å². The third-order valence-corrected chi connectivity index (χ3v) is 2.78. The second kappa shape index (κ2) is 9.78. The maximum Gasteiger partial charge on any atom is 0.411 e. The van der Waals surface area contributed by atoms with Gasteiger partial charge in [0.25, 0.3) is 0 Å². The zero-order valence-electron chi connectivity index (χ0n) is 13.3. The fraction of sp³-hybridized carbons (Fsp3) is 0.500. The van der Waals surface area contributed by atoms with Crippen molar-refractivity contribution in [1.82, 2.24) is 5.32 Å². The first-order valence-electron chi connectivity index (χ1n) is 7.43. The van der Waals surface area contributed by atoms with Crippen LogP contribution < -0.4 is 10.6 Å². The van der Waals surface area contributed by atoms with Gasteiger partial charge in [0.05, 0.1) is 0 Å². The number of carbonyl (C=O) groups is 2. The largest absolute Gasteiger partial charge is 0.461 e. The molecule has 2 N–H and O–H groups in total. The Morgan fingerprint density at radius 1 is 1.18 bits per heavy atom. The zero-order valence-corrected chi connectivity index (χ0v) is 13.3. The van der Waals surface area contributed by atoms with E-state index in [-0.39, 0.29) is 15.4 Å². The molecule has 0 aromatic heterocycles. The van der Waals surface area contributed by atoms with Crippen molar-refractivity contribution < 1.29 is 21.9 Å². The van der Waals surface area contributed by atoms with E-state index in [0.29, 0.717) is 31.3 Å². The van der Waals surface area contributed by atoms with E-state index in [0.717, 1.165) is 5.56 Å². The average molecular weight is 312 g/mol. The Hall–Kier alpha value is -2.08. The highest BCUT2D eigenvalue weighted by atomic mass is 16.5. The van der Waals surface area contributed by atoms with E-state index < -0.39 is 6.09 Å². The lowest BCUT2D eigenvalue weighted by atomic mass is 10.2. The average Bonchev–Trinajstić information content (AvgIpc) is 2.50. The summed E-state index contributed by atoms with van der Waals surface area (Å²) in [4.78, 5) is 22.6. The minimum Gasteiger partial charge on any atom is -0.461 e. The number of hydrogen-bond acceptors (Lipinski definition) is 5. The van der Waals surface area contributed by atoms with Gasteiger partial charge in [-0.3, -0.25) is 10.1 Å². The van der Waals surface area contributed by atoms with Crippen LogP contribution in [0.15, 0.2) is 24.3 Å². The van der Waals surface area contributed by atoms with Gasteiger partial charge in [0, 0.05) is 27.5 Å². The number of hydrogen-bond donors (Lipinski definition) is 2. The number of carbonyl (C=O) groups excluding carboxylic acids is 2. The minimum atomic E-state index is -0.490. The molecule has 0 atom stereocenters. The molecule has 0 radical (unpaired) electrons. The highest BCUT2D eigenvalue weighted by Crippen LogP contribution is 2.11. The molecule has 126 valence electrons. The van der Waals surface area contributed by atoms with Crippen molar-refractivity contribution in [2.75, 3.05) is 18.5 Å². The van der Waals surface area contributed by atoms with Crippen LogP contribution in [0.3, 0.4) is 0 Å². The van der Waals surface area contributed by atoms with Crippen LogP contribution >= 0.6 is 0 Å². The first-order valence-corrected chi connectivity index (χ1v) is 7.43. The van der Waals surface area contributed by atoms with Crippen molar-refractivity contribution in [3.8, 4) is 0 Å². The molecule has 22 heavy (non-hydrogen) atoms. The molecule has 0 fully saturated rings. The molecule has 6 nitrogen and oxygen atoms in total. The van der Waals surface area contributed by atoms with E-state index in [2.05, 4.69) is 10.6 Å². The van der Waals surface area contributed by atoms with Crippen molar-refractivity contribution in [2.45, 2.75) is 39.8 Å². The molecule has 0 bridgehead atoms. The molecular weight excluding hydrogens is 284 g/mol. The molecule has 0 saturated heterocycles. The van der Waals surface area contributed by atoms with Crippen LogP contribution in [0.1, 0.15) is 35.6 Å². The van der Waals surface area contributed by atoms with Gasteiger partial charge in [-0.1, -0.05) is 32.9 Å². The smallest absolute Gasteiger partial charge is 0.411 e. The van der Waals surface area contributed by atoms with Gasteiger partial charge in [-0.2, -0.15) is 0 Å². The molecule has 1 aromatic carbocycles. The highest BCUT2D eigenvalue weighted by molar-refractivity contribution is 5.84. The van der Waals surface area contributed by atoms with Crippen LogP contribution in [0.5, 0.6) is 0 Å². The third-order valence-electron chi connectivity index (χ3n) is 2.78. The van der Waals surface area contributed by atoms with Gasteiger partial charge in [-0.15, -0.1) is 0 Å². The Balaban J connectivity index is 0. The lowest BCUT2D eigenvalue weighted by Crippen LogP contribution is -2.28. The van der Waals surface area contributed by atoms with Gasteiger partial charge in [-0.05, 0) is 17.7 Å². The third kappa shape index (κ3) is 7.64. The number of ether oxygens (including phenoxy) is 2. The summed E-state index contributed by atoms with van der Waals surface area (Å²) in [5, 5.41) is 5.79. The summed E-state index contributed by atoms with van der Waals surface area (Å²) >= 11 is 0. The Kier molecular flexibility index (Phi) is 7.99. The van der Waals surface area contributed by atoms with E-state index >= 15 is 0 Å². The van der Waals surface area contributed by atoms with Crippen LogP contribution in [0.2, 0.25) is 0 Å². The minimum absolute atomic E-state index is 0. The quantitative estimate of drug-likeness (QED) is 0.569. The molecule has 1 aromatic rings. The van der Waals surface area contributed by atoms with Crippen LogP contribution in [-0.2, 0) is 20.9 Å². The van der Waals surface area contributed by atoms with Gasteiger partial charge < -0.3 is 14.8 Å². The van der Waals surface area contributed by atoms with Crippen LogP contribution in [0.25, 0.3) is 0 Å². The molecule has 0 aliphatic carbocycles. The summed E-state index contributed by atoms with van der Waals surface area (Å²) in [5.41, 5.74) is 1.49. The molecule has 0 unspecified atom stereocenters. The molecule has 0 aliphatic rings. The van der Waals surface area contributed by atoms with Crippen molar-refractivity contribution in [2.24, 2.45) is 0 Å². The molecule has 1 amide bonds. The van der Waals surface area contributed by atoms with Crippen molar-refractivity contribution in [3.05, 3.63) is 29.8 Å². The number of esters is 1. The number of benzene rings is 1. The highest BCUT2D eigenvalue weighted by Gasteiger charge is 2.04. The lowest BCUT2D eigenvalue weighted by molar-refractivity contribution is -0.144. The van der Waals surface area contributed by atoms with Crippen LogP contribution in [0, 0.1) is 0 Å². The Morgan fingerprint density at radius 2 is 1.86 bits per heavy atom. The zero-order chi connectivity index (χ0) is 16.4. The molecule has 0 saturated carbocycles. The standard InChI is InChI=1S/C16H24N2O4.2H2/c1-4-15(19)22-11-13-5-7-14(8-6-13)18-16(20)21-10-9-17-12(2)3;;/h5-8,12,17H,4,9-11H2,1-3H3,(H,18,20);2*1H. The van der Waals surface area contributed by atoms with Crippen molar-refractivity contribution >= 4 is 17.7 Å². The second-order valence-electron chi connectivity index (χ2n) is 5.08.